The highest BCUT2D eigenvalue weighted by molar-refractivity contribution is 5.77. The lowest BCUT2D eigenvalue weighted by Crippen LogP contribution is -2.69. The molecule has 152 valence electrons. The molecule has 0 radical (unpaired) electrons. The third-order valence-corrected chi connectivity index (χ3v) is 6.92. The van der Waals surface area contributed by atoms with Crippen molar-refractivity contribution in [3.05, 3.63) is 6.07 Å². The molecule has 1 aliphatic heterocycles. The number of ether oxygens (including phenoxy) is 2. The largest absolute Gasteiger partial charge is 0.481 e. The first-order valence-corrected chi connectivity index (χ1v) is 10.2. The second-order valence-electron chi connectivity index (χ2n) is 8.39. The van der Waals surface area contributed by atoms with Gasteiger partial charge in [-0.2, -0.15) is 4.98 Å². The summed E-state index contributed by atoms with van der Waals surface area (Å²) in [5, 5.41) is 0. The third-order valence-electron chi connectivity index (χ3n) is 6.92. The molecule has 6 N–H and O–H groups in total. The number of rotatable bonds is 5. The minimum absolute atomic E-state index is 0.0701. The molecule has 27 heavy (non-hydrogen) atoms. The van der Waals surface area contributed by atoms with E-state index in [-0.39, 0.29) is 11.6 Å². The molecule has 1 aromatic heterocycles. The summed E-state index contributed by atoms with van der Waals surface area (Å²) in [5.74, 6) is 0.874. The Balaban J connectivity index is 2.03. The summed E-state index contributed by atoms with van der Waals surface area (Å²) in [6, 6.07) is 2.24. The number of likely N-dealkylation sites (tertiary alicyclic amines) is 1. The first-order valence-electron chi connectivity index (χ1n) is 10.2. The number of anilines is 2. The fourth-order valence-electron chi connectivity index (χ4n) is 5.14. The van der Waals surface area contributed by atoms with Crippen molar-refractivity contribution in [3.8, 4) is 5.88 Å². The first-order chi connectivity index (χ1) is 12.8. The molecule has 0 unspecified atom stereocenters. The van der Waals surface area contributed by atoms with E-state index in [2.05, 4.69) is 18.8 Å². The maximum Gasteiger partial charge on any atom is 0.221 e. The van der Waals surface area contributed by atoms with Gasteiger partial charge in [-0.25, -0.2) is 0 Å². The number of nitrogens with two attached hydrogens (primary N) is 3. The lowest BCUT2D eigenvalue weighted by molar-refractivity contribution is -0.0216. The van der Waals surface area contributed by atoms with Crippen LogP contribution in [0.3, 0.4) is 0 Å². The molecule has 2 fully saturated rings. The van der Waals surface area contributed by atoms with Crippen LogP contribution in [-0.2, 0) is 4.74 Å². The zero-order valence-electron chi connectivity index (χ0n) is 17.0. The van der Waals surface area contributed by atoms with Gasteiger partial charge in [0.25, 0.3) is 0 Å². The van der Waals surface area contributed by atoms with Crippen molar-refractivity contribution in [2.24, 2.45) is 5.73 Å². The smallest absolute Gasteiger partial charge is 0.221 e. The van der Waals surface area contributed by atoms with Gasteiger partial charge in [-0.1, -0.05) is 0 Å². The lowest BCUT2D eigenvalue weighted by atomic mass is 9.76. The zero-order chi connectivity index (χ0) is 19.7. The summed E-state index contributed by atoms with van der Waals surface area (Å²) < 4.78 is 12.1. The minimum Gasteiger partial charge on any atom is -0.481 e. The lowest BCUT2D eigenvalue weighted by Gasteiger charge is -2.56. The zero-order valence-corrected chi connectivity index (χ0v) is 17.0. The van der Waals surface area contributed by atoms with E-state index in [4.69, 9.17) is 26.7 Å². The normalized spacial score (nSPS) is 34.4. The van der Waals surface area contributed by atoms with Crippen LogP contribution in [0.4, 0.5) is 17.2 Å². The highest BCUT2D eigenvalue weighted by Gasteiger charge is 2.53. The summed E-state index contributed by atoms with van der Waals surface area (Å²) >= 11 is 0. The first kappa shape index (κ1) is 20.2. The van der Waals surface area contributed by atoms with E-state index in [0.29, 0.717) is 23.5 Å². The Bertz CT molecular complexity index is 650. The van der Waals surface area contributed by atoms with Gasteiger partial charge in [0.1, 0.15) is 11.2 Å². The van der Waals surface area contributed by atoms with E-state index in [0.717, 1.165) is 68.4 Å². The predicted octanol–water partition coefficient (Wildman–Crippen LogP) is 2.42. The number of nitrogen functional groups attached to an aromatic ring is 2. The molecule has 1 aromatic rings. The standard InChI is InChI=1S/C20H36N5O2/c1-4-27-15-5-9-20(2,10-6-15)25(11-7-14(21)8-12-25)16-13-17(26-3)24-19(23)18(16)22/h13-15H,4-12,21-22H2,1-3H3,(H2,23,24)/q+1. The van der Waals surface area contributed by atoms with E-state index in [1.807, 2.05) is 6.07 Å². The van der Waals surface area contributed by atoms with Gasteiger partial charge in [-0.3, -0.25) is 4.48 Å². The monoisotopic (exact) mass is 378 g/mol. The summed E-state index contributed by atoms with van der Waals surface area (Å²) in [4.78, 5) is 4.27. The van der Waals surface area contributed by atoms with E-state index in [1.54, 1.807) is 7.11 Å². The predicted molar refractivity (Wildman–Crippen MR) is 111 cm³/mol. The van der Waals surface area contributed by atoms with Gasteiger partial charge in [0.05, 0.1) is 32.4 Å². The molecule has 3 rings (SSSR count). The van der Waals surface area contributed by atoms with Crippen LogP contribution in [0, 0.1) is 0 Å². The fourth-order valence-corrected chi connectivity index (χ4v) is 5.14. The molecule has 1 saturated carbocycles. The molecule has 0 amide bonds. The van der Waals surface area contributed by atoms with Crippen LogP contribution in [0.2, 0.25) is 0 Å². The summed E-state index contributed by atoms with van der Waals surface area (Å²) in [6.07, 6.45) is 6.67. The van der Waals surface area contributed by atoms with Crippen molar-refractivity contribution >= 4 is 17.2 Å². The molecule has 0 atom stereocenters. The van der Waals surface area contributed by atoms with Crippen molar-refractivity contribution in [2.75, 3.05) is 38.3 Å². The minimum atomic E-state index is 0.0701. The molecule has 1 saturated heterocycles. The Morgan fingerprint density at radius 2 is 1.81 bits per heavy atom. The van der Waals surface area contributed by atoms with E-state index >= 15 is 0 Å². The van der Waals surface area contributed by atoms with Gasteiger partial charge in [-0.15, -0.1) is 0 Å². The molecule has 7 nitrogen and oxygen atoms in total. The Morgan fingerprint density at radius 1 is 1.19 bits per heavy atom. The van der Waals surface area contributed by atoms with Gasteiger partial charge in [0, 0.05) is 38.3 Å². The third kappa shape index (κ3) is 3.60. The van der Waals surface area contributed by atoms with Crippen molar-refractivity contribution in [2.45, 2.75) is 70.1 Å². The van der Waals surface area contributed by atoms with Gasteiger partial charge in [0.15, 0.2) is 11.5 Å². The van der Waals surface area contributed by atoms with E-state index < -0.39 is 0 Å². The van der Waals surface area contributed by atoms with E-state index in [9.17, 15) is 0 Å². The van der Waals surface area contributed by atoms with Crippen LogP contribution >= 0.6 is 0 Å². The number of hydrogen-bond donors (Lipinski definition) is 3. The van der Waals surface area contributed by atoms with Crippen LogP contribution in [0.1, 0.15) is 52.4 Å². The molecule has 0 bridgehead atoms. The second-order valence-corrected chi connectivity index (χ2v) is 8.39. The maximum absolute atomic E-state index is 6.48. The molecule has 0 aromatic carbocycles. The molecule has 7 heteroatoms. The molecule has 0 spiro atoms. The Kier molecular flexibility index (Phi) is 5.84. The summed E-state index contributed by atoms with van der Waals surface area (Å²) in [5.41, 5.74) is 20.6. The van der Waals surface area contributed by atoms with Crippen molar-refractivity contribution < 1.29 is 9.47 Å². The van der Waals surface area contributed by atoms with Crippen LogP contribution < -0.4 is 26.4 Å². The number of pyridine rings is 1. The Morgan fingerprint density at radius 3 is 2.37 bits per heavy atom. The molecule has 2 aliphatic rings. The van der Waals surface area contributed by atoms with Crippen LogP contribution in [0.25, 0.3) is 0 Å². The highest BCUT2D eigenvalue weighted by atomic mass is 16.5. The van der Waals surface area contributed by atoms with Crippen molar-refractivity contribution in [1.82, 2.24) is 9.47 Å². The van der Waals surface area contributed by atoms with Crippen molar-refractivity contribution in [3.63, 3.8) is 0 Å². The van der Waals surface area contributed by atoms with Crippen molar-refractivity contribution in [1.29, 1.82) is 0 Å². The fraction of sp³-hybridized carbons (Fsp3) is 0.750. The number of methoxy groups -OCH3 is 1. The average Bonchev–Trinajstić information content (AvgIpc) is 2.67. The van der Waals surface area contributed by atoms with Crippen LogP contribution in [0.5, 0.6) is 5.88 Å². The maximum atomic E-state index is 6.48. The van der Waals surface area contributed by atoms with Gasteiger partial charge >= 0.3 is 0 Å². The highest BCUT2D eigenvalue weighted by Crippen LogP contribution is 2.48. The number of quaternary nitrogens is 1. The average molecular weight is 379 g/mol. The second kappa shape index (κ2) is 7.81. The quantitative estimate of drug-likeness (QED) is 0.679. The van der Waals surface area contributed by atoms with E-state index in [1.165, 1.54) is 0 Å². The van der Waals surface area contributed by atoms with Gasteiger partial charge in [-0.05, 0) is 26.7 Å². The topological polar surface area (TPSA) is 109 Å². The molecular formula is C20H36N5O2+. The summed E-state index contributed by atoms with van der Waals surface area (Å²) in [7, 11) is 1.62. The number of nitrogens with zero attached hydrogens (tertiary/aromatic N) is 2. The SMILES string of the molecule is CCOC1CCC(C)([N+]2(c3cc(OC)nc(N)c3N)CCC(N)CC2)CC1. The number of aromatic nitrogens is 1. The number of hydrogen-bond acceptors (Lipinski definition) is 6. The van der Waals surface area contributed by atoms with Crippen LogP contribution in [0.15, 0.2) is 6.07 Å². The molecular weight excluding hydrogens is 342 g/mol. The Labute approximate surface area is 162 Å². The summed E-state index contributed by atoms with van der Waals surface area (Å²) in [6.45, 7) is 7.18. The van der Waals surface area contributed by atoms with Gasteiger partial charge in [0.2, 0.25) is 5.88 Å². The molecule has 1 aliphatic carbocycles. The van der Waals surface area contributed by atoms with Crippen LogP contribution in [-0.4, -0.2) is 49.5 Å². The van der Waals surface area contributed by atoms with Gasteiger partial charge < -0.3 is 26.7 Å². The molecule has 2 heterocycles. The number of piperidine rings is 1. The Hall–Kier alpha value is -1.57.